The molecule has 1 fully saturated rings. The van der Waals surface area contributed by atoms with Crippen molar-refractivity contribution in [3.8, 4) is 11.9 Å². The first kappa shape index (κ1) is 20.6. The van der Waals surface area contributed by atoms with Gasteiger partial charge >= 0.3 is 12.1 Å². The summed E-state index contributed by atoms with van der Waals surface area (Å²) in [6.07, 6.45) is -4.05. The van der Waals surface area contributed by atoms with Crippen molar-refractivity contribution in [2.24, 2.45) is 5.92 Å². The average molecular weight is 384 g/mol. The number of halogens is 3. The molecule has 27 heavy (non-hydrogen) atoms. The molecule has 0 bridgehead atoms. The van der Waals surface area contributed by atoms with Gasteiger partial charge in [0.1, 0.15) is 17.4 Å². The minimum Gasteiger partial charge on any atom is -0.497 e. The highest BCUT2D eigenvalue weighted by Gasteiger charge is 2.41. The maximum atomic E-state index is 13.8. The summed E-state index contributed by atoms with van der Waals surface area (Å²) in [6, 6.07) is 1.77. The summed E-state index contributed by atoms with van der Waals surface area (Å²) >= 11 is 0. The van der Waals surface area contributed by atoms with E-state index in [1.54, 1.807) is 19.9 Å². The first-order chi connectivity index (χ1) is 12.6. The summed E-state index contributed by atoms with van der Waals surface area (Å²) in [5.74, 6) is -2.16. The molecule has 146 valence electrons. The van der Waals surface area contributed by atoms with Gasteiger partial charge in [-0.05, 0) is 24.3 Å². The Morgan fingerprint density at radius 2 is 2.07 bits per heavy atom. The molecule has 0 amide bonds. The van der Waals surface area contributed by atoms with Crippen molar-refractivity contribution >= 4 is 11.5 Å². The second kappa shape index (κ2) is 7.86. The minimum atomic E-state index is -4.91. The van der Waals surface area contributed by atoms with Gasteiger partial charge in [0.2, 0.25) is 5.88 Å². The number of aromatic nitrogens is 1. The SMILES string of the molecule is COc1nc(C(F)(F)F)c(C(C#N)=C2CCCO2)c(CC(C)C)c1C(=O)O. The van der Waals surface area contributed by atoms with Gasteiger partial charge in [-0.3, -0.25) is 0 Å². The number of alkyl halides is 3. The molecule has 0 saturated carbocycles. The lowest BCUT2D eigenvalue weighted by Crippen LogP contribution is -2.20. The summed E-state index contributed by atoms with van der Waals surface area (Å²) in [6.45, 7) is 3.76. The van der Waals surface area contributed by atoms with Gasteiger partial charge in [0, 0.05) is 12.0 Å². The van der Waals surface area contributed by atoms with E-state index in [9.17, 15) is 28.3 Å². The van der Waals surface area contributed by atoms with Crippen LogP contribution in [-0.4, -0.2) is 29.8 Å². The molecule has 0 aliphatic carbocycles. The number of rotatable bonds is 5. The maximum Gasteiger partial charge on any atom is 0.434 e. The van der Waals surface area contributed by atoms with Gasteiger partial charge in [0.05, 0.1) is 19.3 Å². The van der Waals surface area contributed by atoms with Crippen LogP contribution in [0.1, 0.15) is 53.9 Å². The van der Waals surface area contributed by atoms with Crippen LogP contribution in [0.25, 0.3) is 5.57 Å². The number of nitriles is 1. The second-order valence-electron chi connectivity index (χ2n) is 6.46. The average Bonchev–Trinajstić information content (AvgIpc) is 3.08. The van der Waals surface area contributed by atoms with Crippen molar-refractivity contribution in [2.75, 3.05) is 13.7 Å². The van der Waals surface area contributed by atoms with Gasteiger partial charge < -0.3 is 14.6 Å². The highest BCUT2D eigenvalue weighted by atomic mass is 19.4. The van der Waals surface area contributed by atoms with Gasteiger partial charge in [-0.1, -0.05) is 13.8 Å². The summed E-state index contributed by atoms with van der Waals surface area (Å²) in [4.78, 5) is 15.2. The third-order valence-corrected chi connectivity index (χ3v) is 4.02. The third kappa shape index (κ3) is 4.15. The molecular formula is C18H19F3N2O4. The number of carboxylic acid groups (broad SMARTS) is 1. The molecule has 1 aromatic heterocycles. The Balaban J connectivity index is 3.01. The van der Waals surface area contributed by atoms with Gasteiger partial charge in [-0.15, -0.1) is 0 Å². The molecule has 0 unspecified atom stereocenters. The third-order valence-electron chi connectivity index (χ3n) is 4.02. The Labute approximate surface area is 154 Å². The van der Waals surface area contributed by atoms with Crippen LogP contribution >= 0.6 is 0 Å². The number of ether oxygens (including phenoxy) is 2. The molecule has 1 saturated heterocycles. The number of aromatic carboxylic acids is 1. The van der Waals surface area contributed by atoms with Crippen LogP contribution in [0.3, 0.4) is 0 Å². The standard InChI is InChI=1S/C18H19F3N2O4/c1-9(2)7-10-13(11(8-22)12-5-4-6-27-12)15(18(19,20)21)23-16(26-3)14(10)17(24)25/h9H,4-7H2,1-3H3,(H,24,25). The number of allylic oxidation sites excluding steroid dienone is 2. The van der Waals surface area contributed by atoms with Crippen molar-refractivity contribution in [3.05, 3.63) is 28.1 Å². The fourth-order valence-corrected chi connectivity index (χ4v) is 3.02. The molecule has 1 N–H and O–H groups in total. The number of hydrogen-bond acceptors (Lipinski definition) is 5. The van der Waals surface area contributed by atoms with E-state index in [0.717, 1.165) is 7.11 Å². The van der Waals surface area contributed by atoms with E-state index in [1.807, 2.05) is 0 Å². The second-order valence-corrected chi connectivity index (χ2v) is 6.46. The van der Waals surface area contributed by atoms with Gasteiger partial charge in [0.25, 0.3) is 0 Å². The van der Waals surface area contributed by atoms with E-state index in [0.29, 0.717) is 12.8 Å². The van der Waals surface area contributed by atoms with E-state index < -0.39 is 34.8 Å². The maximum absolute atomic E-state index is 13.8. The van der Waals surface area contributed by atoms with Gasteiger partial charge in [-0.2, -0.15) is 18.4 Å². The quantitative estimate of drug-likeness (QED) is 0.770. The van der Waals surface area contributed by atoms with Crippen molar-refractivity contribution in [3.63, 3.8) is 0 Å². The summed E-state index contributed by atoms with van der Waals surface area (Å²) in [7, 11) is 1.05. The Hall–Kier alpha value is -2.76. The molecule has 1 aliphatic rings. The molecule has 2 heterocycles. The zero-order valence-corrected chi connectivity index (χ0v) is 15.1. The van der Waals surface area contributed by atoms with Crippen LogP contribution in [0.2, 0.25) is 0 Å². The topological polar surface area (TPSA) is 92.4 Å². The lowest BCUT2D eigenvalue weighted by Gasteiger charge is -2.21. The molecule has 1 aliphatic heterocycles. The predicted molar refractivity (Wildman–Crippen MR) is 89.0 cm³/mol. The van der Waals surface area contributed by atoms with E-state index in [1.165, 1.54) is 0 Å². The number of hydrogen-bond donors (Lipinski definition) is 1. The zero-order valence-electron chi connectivity index (χ0n) is 15.1. The normalized spacial score (nSPS) is 16.1. The van der Waals surface area contributed by atoms with Crippen LogP contribution in [-0.2, 0) is 17.3 Å². The first-order valence-corrected chi connectivity index (χ1v) is 8.29. The monoisotopic (exact) mass is 384 g/mol. The molecule has 6 nitrogen and oxygen atoms in total. The number of carboxylic acids is 1. The Morgan fingerprint density at radius 1 is 1.41 bits per heavy atom. The van der Waals surface area contributed by atoms with Crippen molar-refractivity contribution in [2.45, 2.75) is 39.3 Å². The van der Waals surface area contributed by atoms with Crippen molar-refractivity contribution in [1.82, 2.24) is 4.98 Å². The van der Waals surface area contributed by atoms with E-state index in [2.05, 4.69) is 4.98 Å². The Kier molecular flexibility index (Phi) is 5.98. The van der Waals surface area contributed by atoms with Crippen LogP contribution in [0.15, 0.2) is 5.76 Å². The Morgan fingerprint density at radius 3 is 2.48 bits per heavy atom. The summed E-state index contributed by atoms with van der Waals surface area (Å²) in [5, 5.41) is 19.2. The number of methoxy groups -OCH3 is 1. The zero-order chi connectivity index (χ0) is 20.4. The van der Waals surface area contributed by atoms with Crippen molar-refractivity contribution < 1.29 is 32.5 Å². The molecule has 1 aromatic rings. The smallest absolute Gasteiger partial charge is 0.434 e. The molecule has 2 rings (SSSR count). The first-order valence-electron chi connectivity index (χ1n) is 8.29. The molecular weight excluding hydrogens is 365 g/mol. The fraction of sp³-hybridized carbons (Fsp3) is 0.500. The van der Waals surface area contributed by atoms with Gasteiger partial charge in [-0.25, -0.2) is 9.78 Å². The predicted octanol–water partition coefficient (Wildman–Crippen LogP) is 4.05. The molecule has 0 atom stereocenters. The highest BCUT2D eigenvalue weighted by molar-refractivity contribution is 5.95. The fourth-order valence-electron chi connectivity index (χ4n) is 3.02. The molecule has 0 spiro atoms. The van der Waals surface area contributed by atoms with Crippen molar-refractivity contribution in [1.29, 1.82) is 5.26 Å². The molecule has 0 aromatic carbocycles. The van der Waals surface area contributed by atoms with E-state index >= 15 is 0 Å². The molecule has 0 radical (unpaired) electrons. The highest BCUT2D eigenvalue weighted by Crippen LogP contribution is 2.42. The van der Waals surface area contributed by atoms with Crippen LogP contribution < -0.4 is 4.74 Å². The van der Waals surface area contributed by atoms with E-state index in [4.69, 9.17) is 9.47 Å². The van der Waals surface area contributed by atoms with Crippen LogP contribution in [0.4, 0.5) is 13.2 Å². The number of carbonyl (C=O) groups is 1. The summed E-state index contributed by atoms with van der Waals surface area (Å²) in [5.41, 5.74) is -2.81. The molecule has 9 heteroatoms. The number of nitrogens with zero attached hydrogens (tertiary/aromatic N) is 2. The number of pyridine rings is 1. The van der Waals surface area contributed by atoms with E-state index in [-0.39, 0.29) is 35.8 Å². The van der Waals surface area contributed by atoms with Crippen LogP contribution in [0, 0.1) is 17.2 Å². The largest absolute Gasteiger partial charge is 0.497 e. The lowest BCUT2D eigenvalue weighted by molar-refractivity contribution is -0.141. The summed E-state index contributed by atoms with van der Waals surface area (Å²) < 4.78 is 51.4. The minimum absolute atomic E-state index is 0.00259. The van der Waals surface area contributed by atoms with Crippen LogP contribution in [0.5, 0.6) is 5.88 Å². The van der Waals surface area contributed by atoms with Gasteiger partial charge in [0.15, 0.2) is 5.69 Å². The Bertz CT molecular complexity index is 815. The lowest BCUT2D eigenvalue weighted by atomic mass is 9.88.